The van der Waals surface area contributed by atoms with Gasteiger partial charge in [0.15, 0.2) is 0 Å². The van der Waals surface area contributed by atoms with Crippen molar-refractivity contribution in [3.05, 3.63) is 29.3 Å². The molecule has 1 rings (SSSR count). The normalized spacial score (nSPS) is 9.80. The van der Waals surface area contributed by atoms with E-state index in [1.807, 2.05) is 26.0 Å². The van der Waals surface area contributed by atoms with Gasteiger partial charge in [0.25, 0.3) is 0 Å². The largest absolute Gasteiger partial charge is 0.490 e. The molecule has 0 aliphatic rings. The van der Waals surface area contributed by atoms with Crippen molar-refractivity contribution < 1.29 is 14.3 Å². The second kappa shape index (κ2) is 5.39. The maximum atomic E-state index is 10.5. The van der Waals surface area contributed by atoms with Crippen molar-refractivity contribution in [2.75, 3.05) is 13.2 Å². The van der Waals surface area contributed by atoms with Gasteiger partial charge in [0.2, 0.25) is 0 Å². The number of ether oxygens (including phenoxy) is 2. The molecule has 3 nitrogen and oxygen atoms in total. The Kier molecular flexibility index (Phi) is 4.16. The third kappa shape index (κ3) is 4.02. The maximum Gasteiger partial charge on any atom is 0.302 e. The van der Waals surface area contributed by atoms with E-state index in [4.69, 9.17) is 9.47 Å². The minimum absolute atomic E-state index is 0.278. The van der Waals surface area contributed by atoms with Crippen LogP contribution in [0.2, 0.25) is 0 Å². The van der Waals surface area contributed by atoms with Crippen LogP contribution in [0.3, 0.4) is 0 Å². The van der Waals surface area contributed by atoms with Crippen LogP contribution in [-0.2, 0) is 9.53 Å². The number of rotatable bonds is 4. The molecule has 0 amide bonds. The molecule has 0 unspecified atom stereocenters. The van der Waals surface area contributed by atoms with E-state index in [-0.39, 0.29) is 5.97 Å². The van der Waals surface area contributed by atoms with Gasteiger partial charge in [0, 0.05) is 6.92 Å². The lowest BCUT2D eigenvalue weighted by Crippen LogP contribution is -2.09. The van der Waals surface area contributed by atoms with Gasteiger partial charge in [0.05, 0.1) is 0 Å². The summed E-state index contributed by atoms with van der Waals surface area (Å²) in [7, 11) is 0. The molecule has 0 atom stereocenters. The van der Waals surface area contributed by atoms with Crippen LogP contribution in [0.4, 0.5) is 0 Å². The van der Waals surface area contributed by atoms with Crippen LogP contribution in [0.15, 0.2) is 18.2 Å². The molecular formula is C12H16O3. The van der Waals surface area contributed by atoms with E-state index in [2.05, 4.69) is 6.07 Å². The highest BCUT2D eigenvalue weighted by molar-refractivity contribution is 5.65. The van der Waals surface area contributed by atoms with E-state index in [9.17, 15) is 4.79 Å². The fourth-order valence-electron chi connectivity index (χ4n) is 1.30. The fourth-order valence-corrected chi connectivity index (χ4v) is 1.30. The van der Waals surface area contributed by atoms with Crippen LogP contribution in [-0.4, -0.2) is 19.2 Å². The second-order valence-electron chi connectivity index (χ2n) is 3.46. The minimum atomic E-state index is -0.278. The number of benzene rings is 1. The Labute approximate surface area is 90.0 Å². The van der Waals surface area contributed by atoms with Crippen molar-refractivity contribution in [3.8, 4) is 5.75 Å². The highest BCUT2D eigenvalue weighted by Gasteiger charge is 1.99. The number of esters is 1. The second-order valence-corrected chi connectivity index (χ2v) is 3.46. The number of hydrogen-bond donors (Lipinski definition) is 0. The van der Waals surface area contributed by atoms with Crippen LogP contribution in [0.25, 0.3) is 0 Å². The Balaban J connectivity index is 2.40. The molecule has 0 spiro atoms. The molecule has 0 N–H and O–H groups in total. The highest BCUT2D eigenvalue weighted by atomic mass is 16.6. The van der Waals surface area contributed by atoms with Crippen molar-refractivity contribution in [1.82, 2.24) is 0 Å². The Hall–Kier alpha value is -1.51. The summed E-state index contributed by atoms with van der Waals surface area (Å²) < 4.78 is 10.2. The lowest BCUT2D eigenvalue weighted by molar-refractivity contribution is -0.141. The van der Waals surface area contributed by atoms with Crippen LogP contribution >= 0.6 is 0 Å². The monoisotopic (exact) mass is 208 g/mol. The molecule has 0 saturated heterocycles. The summed E-state index contributed by atoms with van der Waals surface area (Å²) in [6.07, 6.45) is 0. The van der Waals surface area contributed by atoms with Gasteiger partial charge < -0.3 is 9.47 Å². The molecule has 15 heavy (non-hydrogen) atoms. The Morgan fingerprint density at radius 3 is 2.60 bits per heavy atom. The molecule has 0 aromatic heterocycles. The quantitative estimate of drug-likeness (QED) is 0.562. The Bertz CT molecular complexity index is 345. The highest BCUT2D eigenvalue weighted by Crippen LogP contribution is 2.18. The maximum absolute atomic E-state index is 10.5. The zero-order valence-electron chi connectivity index (χ0n) is 9.37. The van der Waals surface area contributed by atoms with Crippen molar-refractivity contribution in [1.29, 1.82) is 0 Å². The predicted molar refractivity (Wildman–Crippen MR) is 58.0 cm³/mol. The summed E-state index contributed by atoms with van der Waals surface area (Å²) >= 11 is 0. The molecule has 0 saturated carbocycles. The van der Waals surface area contributed by atoms with E-state index < -0.39 is 0 Å². The van der Waals surface area contributed by atoms with Crippen LogP contribution < -0.4 is 4.74 Å². The first-order valence-electron chi connectivity index (χ1n) is 4.93. The summed E-state index contributed by atoms with van der Waals surface area (Å²) in [4.78, 5) is 10.5. The molecule has 1 aromatic carbocycles. The van der Waals surface area contributed by atoms with E-state index in [1.54, 1.807) is 0 Å². The predicted octanol–water partition coefficient (Wildman–Crippen LogP) is 2.25. The molecule has 0 bridgehead atoms. The number of hydrogen-bond acceptors (Lipinski definition) is 3. The molecule has 1 aromatic rings. The molecule has 0 aliphatic heterocycles. The lowest BCUT2D eigenvalue weighted by atomic mass is 10.1. The zero-order valence-corrected chi connectivity index (χ0v) is 9.37. The average Bonchev–Trinajstić information content (AvgIpc) is 2.14. The van der Waals surface area contributed by atoms with Crippen LogP contribution in [0, 0.1) is 13.8 Å². The van der Waals surface area contributed by atoms with Gasteiger partial charge >= 0.3 is 5.97 Å². The minimum Gasteiger partial charge on any atom is -0.490 e. The topological polar surface area (TPSA) is 35.5 Å². The SMILES string of the molecule is CC(=O)OCCOc1ccc(C)cc1C. The van der Waals surface area contributed by atoms with E-state index in [0.717, 1.165) is 11.3 Å². The first kappa shape index (κ1) is 11.6. The molecule has 0 aliphatic carbocycles. The van der Waals surface area contributed by atoms with Gasteiger partial charge in [-0.05, 0) is 25.5 Å². The van der Waals surface area contributed by atoms with E-state index in [0.29, 0.717) is 13.2 Å². The average molecular weight is 208 g/mol. The molecule has 0 heterocycles. The third-order valence-electron chi connectivity index (χ3n) is 1.98. The molecule has 0 radical (unpaired) electrons. The van der Waals surface area contributed by atoms with Crippen molar-refractivity contribution in [2.45, 2.75) is 20.8 Å². The molecule has 3 heteroatoms. The first-order chi connectivity index (χ1) is 7.09. The summed E-state index contributed by atoms with van der Waals surface area (Å²) in [5.74, 6) is 0.562. The summed E-state index contributed by atoms with van der Waals surface area (Å²) in [5, 5.41) is 0. The third-order valence-corrected chi connectivity index (χ3v) is 1.98. The van der Waals surface area contributed by atoms with Crippen LogP contribution in [0.1, 0.15) is 18.1 Å². The van der Waals surface area contributed by atoms with Crippen molar-refractivity contribution in [2.24, 2.45) is 0 Å². The molecule has 0 fully saturated rings. The number of carbonyl (C=O) groups is 1. The number of carbonyl (C=O) groups excluding carboxylic acids is 1. The smallest absolute Gasteiger partial charge is 0.302 e. The van der Waals surface area contributed by atoms with Gasteiger partial charge in [-0.15, -0.1) is 0 Å². The van der Waals surface area contributed by atoms with Gasteiger partial charge in [-0.25, -0.2) is 0 Å². The van der Waals surface area contributed by atoms with E-state index in [1.165, 1.54) is 12.5 Å². The van der Waals surface area contributed by atoms with E-state index >= 15 is 0 Å². The summed E-state index contributed by atoms with van der Waals surface area (Å²) in [6, 6.07) is 5.98. The fraction of sp³-hybridized carbons (Fsp3) is 0.417. The Morgan fingerprint density at radius 2 is 2.00 bits per heavy atom. The van der Waals surface area contributed by atoms with Gasteiger partial charge in [0.1, 0.15) is 19.0 Å². The first-order valence-corrected chi connectivity index (χ1v) is 4.93. The van der Waals surface area contributed by atoms with Gasteiger partial charge in [-0.1, -0.05) is 17.7 Å². The summed E-state index contributed by atoms with van der Waals surface area (Å²) in [6.45, 7) is 6.10. The van der Waals surface area contributed by atoms with Gasteiger partial charge in [-0.3, -0.25) is 4.79 Å². The van der Waals surface area contributed by atoms with Gasteiger partial charge in [-0.2, -0.15) is 0 Å². The lowest BCUT2D eigenvalue weighted by Gasteiger charge is -2.09. The van der Waals surface area contributed by atoms with Crippen molar-refractivity contribution in [3.63, 3.8) is 0 Å². The van der Waals surface area contributed by atoms with Crippen molar-refractivity contribution >= 4 is 5.97 Å². The van der Waals surface area contributed by atoms with Crippen LogP contribution in [0.5, 0.6) is 5.75 Å². The standard InChI is InChI=1S/C12H16O3/c1-9-4-5-12(10(2)8-9)15-7-6-14-11(3)13/h4-5,8H,6-7H2,1-3H3. The zero-order chi connectivity index (χ0) is 11.3. The Morgan fingerprint density at radius 1 is 1.27 bits per heavy atom. The number of aryl methyl sites for hydroxylation is 2. The molecule has 82 valence electrons. The molecular weight excluding hydrogens is 192 g/mol. The summed E-state index contributed by atoms with van der Waals surface area (Å²) in [5.41, 5.74) is 2.30.